The molecule has 4 heteroatoms. The van der Waals surface area contributed by atoms with Gasteiger partial charge in [0.2, 0.25) is 0 Å². The Morgan fingerprint density at radius 2 is 0.811 bits per heavy atom. The van der Waals surface area contributed by atoms with E-state index in [0.717, 1.165) is 39.6 Å². The molecule has 13 aromatic rings. The molecule has 0 unspecified atom stereocenters. The first kappa shape index (κ1) is 43.5. The fourth-order valence-electron chi connectivity index (χ4n) is 11.9. The molecule has 1 aliphatic rings. The Hall–Kier alpha value is -9.25. The fraction of sp³-hybridized carbons (Fsp3) is 0.0714. The van der Waals surface area contributed by atoms with Gasteiger partial charge in [-0.3, -0.25) is 0 Å². The van der Waals surface area contributed by atoms with Crippen molar-refractivity contribution in [3.8, 4) is 62.1 Å². The van der Waals surface area contributed by atoms with Gasteiger partial charge in [-0.2, -0.15) is 0 Å². The van der Waals surface area contributed by atoms with E-state index in [1.807, 2.05) is 0 Å². The lowest BCUT2D eigenvalue weighted by Crippen LogP contribution is -2.28. The Balaban J connectivity index is 0.859. The smallest absolute Gasteiger partial charge is 0.164 e. The molecule has 0 radical (unpaired) electrons. The average Bonchev–Trinajstić information content (AvgIpc) is 4.03. The summed E-state index contributed by atoms with van der Waals surface area (Å²) in [5.74, 6) is 2.51. The summed E-state index contributed by atoms with van der Waals surface area (Å²) in [6, 6.07) is 90.7. The minimum absolute atomic E-state index is 0.578. The topological polar surface area (TPSA) is 43.6 Å². The summed E-state index contributed by atoms with van der Waals surface area (Å²) in [4.78, 5) is 15.6. The van der Waals surface area contributed by atoms with Crippen molar-refractivity contribution >= 4 is 43.4 Å². The van der Waals surface area contributed by atoms with Crippen LogP contribution in [-0.4, -0.2) is 19.5 Å². The van der Waals surface area contributed by atoms with Crippen molar-refractivity contribution in [2.75, 3.05) is 0 Å². The molecule has 2 aromatic heterocycles. The Kier molecular flexibility index (Phi) is 10.3. The van der Waals surface area contributed by atoms with Crippen LogP contribution in [0.2, 0.25) is 0 Å². The van der Waals surface area contributed by atoms with E-state index in [4.69, 9.17) is 15.0 Å². The van der Waals surface area contributed by atoms with Crippen molar-refractivity contribution < 1.29 is 0 Å². The number of benzene rings is 11. The SMILES string of the molecule is CC(C)Cc1ccc2c(c1)c1ccccc1n2-c1ccc(-c2ccc(C3(c4ccc(-c5nc(-c6ccc7ccccc7c6)nc(-c6ccc7ccccc7c6)n5)cc4)c4ccccc4-c4ccccc43)cc2)cc1. The predicted octanol–water partition coefficient (Wildman–Crippen LogP) is 17.5. The van der Waals surface area contributed by atoms with Crippen LogP contribution in [0.5, 0.6) is 0 Å². The third-order valence-electron chi connectivity index (χ3n) is 15.3. The Labute approximate surface area is 431 Å². The maximum Gasteiger partial charge on any atom is 0.164 e. The van der Waals surface area contributed by atoms with Gasteiger partial charge in [0.05, 0.1) is 16.4 Å². The highest BCUT2D eigenvalue weighted by molar-refractivity contribution is 6.09. The van der Waals surface area contributed by atoms with Crippen LogP contribution in [0.1, 0.15) is 41.7 Å². The molecule has 14 rings (SSSR count). The molecule has 0 spiro atoms. The standard InChI is InChI=1S/C70H50N4/c1-45(2)41-46-23-40-66-62(42-46)61-19-9-12-22-65(61)74(66)58-38-32-50(33-39-58)49-28-34-56(35-29-49)70(63-20-10-7-17-59(63)60-18-8-11-21-64(60)70)57-36-30-51(31-37-57)67-71-68(54-26-24-47-13-3-5-15-52(47)43-54)73-69(72-67)55-27-25-48-14-4-6-16-53(48)44-55/h3-40,42-45H,41H2,1-2H3. The van der Waals surface area contributed by atoms with Crippen molar-refractivity contribution in [1.82, 2.24) is 19.5 Å². The summed E-state index contributed by atoms with van der Waals surface area (Å²) in [5.41, 5.74) is 17.0. The van der Waals surface area contributed by atoms with Gasteiger partial charge in [-0.05, 0) is 126 Å². The number of hydrogen-bond donors (Lipinski definition) is 0. The van der Waals surface area contributed by atoms with Gasteiger partial charge in [0.1, 0.15) is 0 Å². The van der Waals surface area contributed by atoms with Gasteiger partial charge in [-0.15, -0.1) is 0 Å². The van der Waals surface area contributed by atoms with Crippen LogP contribution in [-0.2, 0) is 11.8 Å². The minimum atomic E-state index is -0.578. The number of nitrogens with zero attached hydrogens (tertiary/aromatic N) is 4. The average molecular weight is 947 g/mol. The lowest BCUT2D eigenvalue weighted by molar-refractivity contribution is 0.648. The van der Waals surface area contributed by atoms with Crippen molar-refractivity contribution in [2.45, 2.75) is 25.7 Å². The first-order valence-corrected chi connectivity index (χ1v) is 25.7. The van der Waals surface area contributed by atoms with Crippen molar-refractivity contribution in [2.24, 2.45) is 5.92 Å². The minimum Gasteiger partial charge on any atom is -0.309 e. The van der Waals surface area contributed by atoms with Crippen LogP contribution < -0.4 is 0 Å². The van der Waals surface area contributed by atoms with Gasteiger partial charge in [0.25, 0.3) is 0 Å². The predicted molar refractivity (Wildman–Crippen MR) is 307 cm³/mol. The normalized spacial score (nSPS) is 12.7. The molecule has 11 aromatic carbocycles. The van der Waals surface area contributed by atoms with E-state index in [1.54, 1.807) is 0 Å². The van der Waals surface area contributed by atoms with Gasteiger partial charge in [0.15, 0.2) is 17.5 Å². The van der Waals surface area contributed by atoms with Crippen molar-refractivity contribution in [3.63, 3.8) is 0 Å². The molecule has 1 aliphatic carbocycles. The molecule has 0 saturated carbocycles. The van der Waals surface area contributed by atoms with Crippen LogP contribution >= 0.6 is 0 Å². The van der Waals surface area contributed by atoms with E-state index in [2.05, 4.69) is 267 Å². The fourth-order valence-corrected chi connectivity index (χ4v) is 11.9. The second-order valence-corrected chi connectivity index (χ2v) is 20.3. The molecule has 0 N–H and O–H groups in total. The van der Waals surface area contributed by atoms with E-state index < -0.39 is 5.41 Å². The third-order valence-corrected chi connectivity index (χ3v) is 15.3. The maximum atomic E-state index is 5.22. The maximum absolute atomic E-state index is 5.22. The van der Waals surface area contributed by atoms with Crippen LogP contribution in [0, 0.1) is 5.92 Å². The molecule has 0 fully saturated rings. The molecule has 0 amide bonds. The first-order valence-electron chi connectivity index (χ1n) is 25.7. The highest BCUT2D eigenvalue weighted by atomic mass is 15.0. The third kappa shape index (κ3) is 7.16. The molecular formula is C70H50N4. The summed E-state index contributed by atoms with van der Waals surface area (Å²) in [6.07, 6.45) is 1.07. The van der Waals surface area contributed by atoms with Crippen LogP contribution in [0.4, 0.5) is 0 Å². The van der Waals surface area contributed by atoms with Gasteiger partial charge < -0.3 is 4.57 Å². The molecule has 4 nitrogen and oxygen atoms in total. The molecule has 2 heterocycles. The molecule has 0 bridgehead atoms. The lowest BCUT2D eigenvalue weighted by Gasteiger charge is -2.34. The Morgan fingerprint density at radius 3 is 1.38 bits per heavy atom. The number of para-hydroxylation sites is 1. The highest BCUT2D eigenvalue weighted by Crippen LogP contribution is 2.56. The second kappa shape index (κ2) is 17.5. The van der Waals surface area contributed by atoms with Crippen LogP contribution in [0.15, 0.2) is 249 Å². The Bertz CT molecular complexity index is 4150. The van der Waals surface area contributed by atoms with Gasteiger partial charge in [0, 0.05) is 33.2 Å². The quantitative estimate of drug-likeness (QED) is 0.145. The first-order chi connectivity index (χ1) is 36.5. The van der Waals surface area contributed by atoms with E-state index in [1.165, 1.54) is 82.6 Å². The van der Waals surface area contributed by atoms with E-state index in [0.29, 0.717) is 23.4 Å². The summed E-state index contributed by atoms with van der Waals surface area (Å²) in [5, 5.41) is 7.23. The van der Waals surface area contributed by atoms with Crippen molar-refractivity contribution in [1.29, 1.82) is 0 Å². The highest BCUT2D eigenvalue weighted by Gasteiger charge is 2.46. The van der Waals surface area contributed by atoms with Crippen molar-refractivity contribution in [3.05, 3.63) is 277 Å². The molecule has 74 heavy (non-hydrogen) atoms. The summed E-state index contributed by atoms with van der Waals surface area (Å²) in [7, 11) is 0. The molecule has 0 atom stereocenters. The largest absolute Gasteiger partial charge is 0.309 e. The second-order valence-electron chi connectivity index (χ2n) is 20.3. The number of rotatable bonds is 9. The molecule has 0 aliphatic heterocycles. The Morgan fingerprint density at radius 1 is 0.365 bits per heavy atom. The van der Waals surface area contributed by atoms with Gasteiger partial charge in [-0.25, -0.2) is 15.0 Å². The monoisotopic (exact) mass is 946 g/mol. The molecule has 0 saturated heterocycles. The zero-order valence-electron chi connectivity index (χ0n) is 41.2. The number of fused-ring (bicyclic) bond motifs is 8. The van der Waals surface area contributed by atoms with E-state index in [-0.39, 0.29) is 0 Å². The van der Waals surface area contributed by atoms with Crippen LogP contribution in [0.3, 0.4) is 0 Å². The number of aromatic nitrogens is 4. The van der Waals surface area contributed by atoms with Gasteiger partial charge in [-0.1, -0.05) is 220 Å². The summed E-state index contributed by atoms with van der Waals surface area (Å²) >= 11 is 0. The zero-order valence-corrected chi connectivity index (χ0v) is 41.2. The lowest BCUT2D eigenvalue weighted by atomic mass is 9.67. The van der Waals surface area contributed by atoms with E-state index in [9.17, 15) is 0 Å². The summed E-state index contributed by atoms with van der Waals surface area (Å²) in [6.45, 7) is 4.58. The van der Waals surface area contributed by atoms with Crippen LogP contribution in [0.25, 0.3) is 105 Å². The summed E-state index contributed by atoms with van der Waals surface area (Å²) < 4.78 is 2.41. The van der Waals surface area contributed by atoms with E-state index >= 15 is 0 Å². The van der Waals surface area contributed by atoms with Gasteiger partial charge >= 0.3 is 0 Å². The molecule has 350 valence electrons. The molecular weight excluding hydrogens is 897 g/mol. The number of hydrogen-bond acceptors (Lipinski definition) is 3. The zero-order chi connectivity index (χ0) is 49.3.